The lowest BCUT2D eigenvalue weighted by molar-refractivity contribution is 0.227. The molecule has 0 radical (unpaired) electrons. The highest BCUT2D eigenvalue weighted by molar-refractivity contribution is 5.37. The SMILES string of the molecule is OCCCCCCNCC1Cc2cc(F)ccc2O1. The number of nitrogens with one attached hydrogen (secondary N) is 1. The summed E-state index contributed by atoms with van der Waals surface area (Å²) in [4.78, 5) is 0. The number of aliphatic hydroxyl groups excluding tert-OH is 1. The summed E-state index contributed by atoms with van der Waals surface area (Å²) in [5, 5.41) is 12.0. The summed E-state index contributed by atoms with van der Waals surface area (Å²) < 4.78 is 18.8. The fraction of sp³-hybridized carbons (Fsp3) is 0.600. The maximum Gasteiger partial charge on any atom is 0.123 e. The predicted octanol–water partition coefficient (Wildman–Crippen LogP) is 2.27. The average Bonchev–Trinajstić information content (AvgIpc) is 2.79. The normalized spacial score (nSPS) is 17.3. The lowest BCUT2D eigenvalue weighted by atomic mass is 10.1. The van der Waals surface area contributed by atoms with E-state index in [-0.39, 0.29) is 18.5 Å². The first kappa shape index (κ1) is 14.3. The van der Waals surface area contributed by atoms with Crippen molar-refractivity contribution in [3.8, 4) is 5.75 Å². The fourth-order valence-corrected chi connectivity index (χ4v) is 2.38. The third kappa shape index (κ3) is 4.48. The van der Waals surface area contributed by atoms with Gasteiger partial charge < -0.3 is 15.2 Å². The standard InChI is InChI=1S/C15H22FNO2/c16-13-5-6-15-12(9-13)10-14(19-15)11-17-7-3-1-2-4-8-18/h5-6,9,14,17-18H,1-4,7-8,10-11H2. The molecule has 0 amide bonds. The van der Waals surface area contributed by atoms with Crippen molar-refractivity contribution in [1.29, 1.82) is 0 Å². The monoisotopic (exact) mass is 267 g/mol. The van der Waals surface area contributed by atoms with Gasteiger partial charge in [0.2, 0.25) is 0 Å². The molecule has 1 heterocycles. The van der Waals surface area contributed by atoms with E-state index in [2.05, 4.69) is 5.32 Å². The Bertz CT molecular complexity index is 398. The molecule has 19 heavy (non-hydrogen) atoms. The quantitative estimate of drug-likeness (QED) is 0.710. The Balaban J connectivity index is 1.59. The minimum Gasteiger partial charge on any atom is -0.488 e. The van der Waals surface area contributed by atoms with Crippen LogP contribution >= 0.6 is 0 Å². The predicted molar refractivity (Wildman–Crippen MR) is 72.9 cm³/mol. The number of fused-ring (bicyclic) bond motifs is 1. The van der Waals surface area contributed by atoms with E-state index in [4.69, 9.17) is 9.84 Å². The third-order valence-corrected chi connectivity index (χ3v) is 3.40. The lowest BCUT2D eigenvalue weighted by Crippen LogP contribution is -2.30. The van der Waals surface area contributed by atoms with Crippen molar-refractivity contribution >= 4 is 0 Å². The summed E-state index contributed by atoms with van der Waals surface area (Å²) in [6.45, 7) is 2.06. The van der Waals surface area contributed by atoms with Gasteiger partial charge >= 0.3 is 0 Å². The molecule has 4 heteroatoms. The van der Waals surface area contributed by atoms with E-state index in [0.717, 1.165) is 56.5 Å². The van der Waals surface area contributed by atoms with E-state index in [0.29, 0.717) is 0 Å². The molecule has 1 aromatic carbocycles. The molecular formula is C15H22FNO2. The second kappa shape index (κ2) is 7.46. The van der Waals surface area contributed by atoms with E-state index in [1.165, 1.54) is 6.07 Å². The van der Waals surface area contributed by atoms with Crippen LogP contribution in [-0.4, -0.2) is 30.9 Å². The number of halogens is 1. The third-order valence-electron chi connectivity index (χ3n) is 3.40. The first-order valence-electron chi connectivity index (χ1n) is 7.06. The molecule has 1 unspecified atom stereocenters. The van der Waals surface area contributed by atoms with Crippen molar-refractivity contribution in [2.24, 2.45) is 0 Å². The van der Waals surface area contributed by atoms with E-state index in [9.17, 15) is 4.39 Å². The molecule has 1 atom stereocenters. The molecule has 0 fully saturated rings. The van der Waals surface area contributed by atoms with Crippen LogP contribution in [0.15, 0.2) is 18.2 Å². The van der Waals surface area contributed by atoms with Crippen LogP contribution < -0.4 is 10.1 Å². The van der Waals surface area contributed by atoms with Gasteiger partial charge in [-0.3, -0.25) is 0 Å². The molecule has 2 rings (SSSR count). The van der Waals surface area contributed by atoms with E-state index < -0.39 is 0 Å². The van der Waals surface area contributed by atoms with Crippen molar-refractivity contribution < 1.29 is 14.2 Å². The van der Waals surface area contributed by atoms with E-state index in [1.807, 2.05) is 0 Å². The second-order valence-electron chi connectivity index (χ2n) is 5.04. The molecule has 0 aliphatic carbocycles. The van der Waals surface area contributed by atoms with Crippen molar-refractivity contribution in [2.45, 2.75) is 38.2 Å². The van der Waals surface area contributed by atoms with Crippen LogP contribution in [0, 0.1) is 5.82 Å². The molecule has 0 saturated heterocycles. The first-order valence-corrected chi connectivity index (χ1v) is 7.06. The maximum absolute atomic E-state index is 13.1. The van der Waals surface area contributed by atoms with Crippen LogP contribution in [0.2, 0.25) is 0 Å². The van der Waals surface area contributed by atoms with Crippen LogP contribution in [-0.2, 0) is 6.42 Å². The molecule has 0 spiro atoms. The summed E-state index contributed by atoms with van der Waals surface area (Å²) in [6.07, 6.45) is 5.15. The smallest absolute Gasteiger partial charge is 0.123 e. The number of unbranched alkanes of at least 4 members (excludes halogenated alkanes) is 3. The Hall–Kier alpha value is -1.13. The summed E-state index contributed by atoms with van der Waals surface area (Å²) in [7, 11) is 0. The van der Waals surface area contributed by atoms with Crippen LogP contribution in [0.3, 0.4) is 0 Å². The number of ether oxygens (including phenoxy) is 1. The highest BCUT2D eigenvalue weighted by Crippen LogP contribution is 2.28. The minimum absolute atomic E-state index is 0.120. The van der Waals surface area contributed by atoms with Crippen LogP contribution in [0.1, 0.15) is 31.2 Å². The Labute approximate surface area is 113 Å². The van der Waals surface area contributed by atoms with Gasteiger partial charge in [-0.15, -0.1) is 0 Å². The largest absolute Gasteiger partial charge is 0.488 e. The molecule has 3 nitrogen and oxygen atoms in total. The van der Waals surface area contributed by atoms with Gasteiger partial charge in [0.1, 0.15) is 17.7 Å². The number of aliphatic hydroxyl groups is 1. The Morgan fingerprint density at radius 1 is 1.26 bits per heavy atom. The van der Waals surface area contributed by atoms with Gasteiger partial charge in [-0.1, -0.05) is 12.8 Å². The number of rotatable bonds is 8. The van der Waals surface area contributed by atoms with Gasteiger partial charge in [-0.05, 0) is 37.6 Å². The first-order chi connectivity index (χ1) is 9.29. The highest BCUT2D eigenvalue weighted by Gasteiger charge is 2.22. The van der Waals surface area contributed by atoms with Crippen LogP contribution in [0.4, 0.5) is 4.39 Å². The van der Waals surface area contributed by atoms with E-state index >= 15 is 0 Å². The molecule has 1 aliphatic heterocycles. The van der Waals surface area contributed by atoms with E-state index in [1.54, 1.807) is 12.1 Å². The molecule has 0 aromatic heterocycles. The Kier molecular flexibility index (Phi) is 5.61. The molecule has 0 saturated carbocycles. The van der Waals surface area contributed by atoms with Gasteiger partial charge in [0.15, 0.2) is 0 Å². The second-order valence-corrected chi connectivity index (χ2v) is 5.04. The van der Waals surface area contributed by atoms with Gasteiger partial charge in [0.25, 0.3) is 0 Å². The minimum atomic E-state index is -0.195. The van der Waals surface area contributed by atoms with Crippen molar-refractivity contribution in [2.75, 3.05) is 19.7 Å². The lowest BCUT2D eigenvalue weighted by Gasteiger charge is -2.11. The molecular weight excluding hydrogens is 245 g/mol. The summed E-state index contributed by atoms with van der Waals surface area (Å²) in [6, 6.07) is 4.71. The van der Waals surface area contributed by atoms with Crippen molar-refractivity contribution in [3.05, 3.63) is 29.6 Å². The zero-order chi connectivity index (χ0) is 13.5. The summed E-state index contributed by atoms with van der Waals surface area (Å²) in [5.41, 5.74) is 0.967. The van der Waals surface area contributed by atoms with Gasteiger partial charge in [0, 0.05) is 25.1 Å². The number of hydrogen-bond acceptors (Lipinski definition) is 3. The van der Waals surface area contributed by atoms with Crippen LogP contribution in [0.25, 0.3) is 0 Å². The molecule has 2 N–H and O–H groups in total. The number of hydrogen-bond donors (Lipinski definition) is 2. The Morgan fingerprint density at radius 2 is 2.11 bits per heavy atom. The summed E-state index contributed by atoms with van der Waals surface area (Å²) in [5.74, 6) is 0.621. The number of benzene rings is 1. The molecule has 1 aromatic rings. The van der Waals surface area contributed by atoms with Crippen LogP contribution in [0.5, 0.6) is 5.75 Å². The molecule has 1 aliphatic rings. The zero-order valence-corrected chi connectivity index (χ0v) is 11.2. The topological polar surface area (TPSA) is 41.5 Å². The zero-order valence-electron chi connectivity index (χ0n) is 11.2. The average molecular weight is 267 g/mol. The van der Waals surface area contributed by atoms with Gasteiger partial charge in [0.05, 0.1) is 0 Å². The highest BCUT2D eigenvalue weighted by atomic mass is 19.1. The van der Waals surface area contributed by atoms with Crippen molar-refractivity contribution in [3.63, 3.8) is 0 Å². The van der Waals surface area contributed by atoms with Gasteiger partial charge in [-0.2, -0.15) is 0 Å². The Morgan fingerprint density at radius 3 is 2.95 bits per heavy atom. The molecule has 106 valence electrons. The maximum atomic E-state index is 13.1. The van der Waals surface area contributed by atoms with Crippen molar-refractivity contribution in [1.82, 2.24) is 5.32 Å². The molecule has 0 bridgehead atoms. The summed E-state index contributed by atoms with van der Waals surface area (Å²) >= 11 is 0. The van der Waals surface area contributed by atoms with Gasteiger partial charge in [-0.25, -0.2) is 4.39 Å². The fourth-order valence-electron chi connectivity index (χ4n) is 2.38.